The number of fused-ring (bicyclic) bond motifs is 2. The maximum atomic E-state index is 13.3. The summed E-state index contributed by atoms with van der Waals surface area (Å²) in [7, 11) is 0. The number of hydrogen-bond donors (Lipinski definition) is 2. The monoisotopic (exact) mass is 415 g/mol. The fourth-order valence-corrected chi connectivity index (χ4v) is 4.02. The zero-order valence-corrected chi connectivity index (χ0v) is 17.9. The quantitative estimate of drug-likeness (QED) is 0.402. The molecular formula is C26H25NO4. The first-order chi connectivity index (χ1) is 14.9. The van der Waals surface area contributed by atoms with Crippen LogP contribution in [-0.2, 0) is 6.42 Å². The summed E-state index contributed by atoms with van der Waals surface area (Å²) in [5.74, 6) is 0.469. The molecule has 0 bridgehead atoms. The van der Waals surface area contributed by atoms with E-state index in [9.17, 15) is 14.7 Å². The van der Waals surface area contributed by atoms with E-state index < -0.39 is 0 Å². The molecule has 0 aliphatic heterocycles. The van der Waals surface area contributed by atoms with Crippen LogP contribution in [0.4, 0.5) is 5.69 Å². The molecule has 3 aromatic rings. The minimum absolute atomic E-state index is 0.0144. The van der Waals surface area contributed by atoms with Gasteiger partial charge < -0.3 is 15.2 Å². The van der Waals surface area contributed by atoms with E-state index >= 15 is 0 Å². The summed E-state index contributed by atoms with van der Waals surface area (Å²) in [4.78, 5) is 26.4. The van der Waals surface area contributed by atoms with E-state index in [-0.39, 0.29) is 28.4 Å². The molecule has 0 heterocycles. The van der Waals surface area contributed by atoms with Crippen molar-refractivity contribution in [3.63, 3.8) is 0 Å². The van der Waals surface area contributed by atoms with E-state index in [2.05, 4.69) is 19.2 Å². The summed E-state index contributed by atoms with van der Waals surface area (Å²) in [5, 5.41) is 13.9. The third-order valence-electron chi connectivity index (χ3n) is 5.26. The average Bonchev–Trinajstić information content (AvgIpc) is 2.73. The van der Waals surface area contributed by atoms with E-state index in [1.54, 1.807) is 24.3 Å². The van der Waals surface area contributed by atoms with Crippen molar-refractivity contribution in [3.8, 4) is 17.2 Å². The first-order valence-corrected chi connectivity index (χ1v) is 10.5. The number of hydrogen-bond acceptors (Lipinski definition) is 5. The lowest BCUT2D eigenvalue weighted by atomic mass is 9.82. The molecule has 0 aromatic heterocycles. The van der Waals surface area contributed by atoms with Crippen LogP contribution in [0.5, 0.6) is 17.2 Å². The van der Waals surface area contributed by atoms with E-state index in [0.29, 0.717) is 40.8 Å². The van der Waals surface area contributed by atoms with Gasteiger partial charge in [0.05, 0.1) is 16.8 Å². The molecule has 0 amide bonds. The molecule has 0 fully saturated rings. The van der Waals surface area contributed by atoms with Gasteiger partial charge in [-0.3, -0.25) is 9.59 Å². The Balaban J connectivity index is 1.84. The predicted molar refractivity (Wildman–Crippen MR) is 121 cm³/mol. The van der Waals surface area contributed by atoms with Crippen LogP contribution in [0.1, 0.15) is 58.2 Å². The van der Waals surface area contributed by atoms with Crippen molar-refractivity contribution in [2.24, 2.45) is 5.92 Å². The van der Waals surface area contributed by atoms with Gasteiger partial charge in [-0.25, -0.2) is 0 Å². The fraction of sp³-hybridized carbons (Fsp3) is 0.231. The lowest BCUT2D eigenvalue weighted by Gasteiger charge is -2.24. The number of rotatable bonds is 6. The number of carbonyl (C=O) groups excluding carboxylic acids is 2. The Kier molecular flexibility index (Phi) is 5.51. The van der Waals surface area contributed by atoms with Crippen molar-refractivity contribution in [1.29, 1.82) is 0 Å². The van der Waals surface area contributed by atoms with Crippen molar-refractivity contribution in [2.45, 2.75) is 27.2 Å². The van der Waals surface area contributed by atoms with Gasteiger partial charge in [0.2, 0.25) is 0 Å². The van der Waals surface area contributed by atoms with Gasteiger partial charge in [0.25, 0.3) is 0 Å². The molecule has 158 valence electrons. The Morgan fingerprint density at radius 2 is 1.61 bits per heavy atom. The second kappa shape index (κ2) is 8.26. The van der Waals surface area contributed by atoms with Crippen molar-refractivity contribution >= 4 is 17.3 Å². The molecule has 0 saturated heterocycles. The second-order valence-corrected chi connectivity index (χ2v) is 8.10. The smallest absolute Gasteiger partial charge is 0.198 e. The second-order valence-electron chi connectivity index (χ2n) is 8.10. The summed E-state index contributed by atoms with van der Waals surface area (Å²) >= 11 is 0. The van der Waals surface area contributed by atoms with Crippen molar-refractivity contribution in [2.75, 3.05) is 11.9 Å². The summed E-state index contributed by atoms with van der Waals surface area (Å²) < 4.78 is 6.12. The maximum absolute atomic E-state index is 13.3. The van der Waals surface area contributed by atoms with Crippen LogP contribution in [0, 0.1) is 5.92 Å². The molecule has 0 saturated carbocycles. The Bertz CT molecular complexity index is 1180. The number of aromatic hydroxyl groups is 1. The zero-order chi connectivity index (χ0) is 22.1. The SMILES string of the molecule is CCNc1c(Oc2cccc(CC(C)C)c2)cc(O)c2c1C(=O)c1ccccc1C2=O. The fourth-order valence-electron chi connectivity index (χ4n) is 4.02. The summed E-state index contributed by atoms with van der Waals surface area (Å²) in [6.45, 7) is 6.72. The summed E-state index contributed by atoms with van der Waals surface area (Å²) in [6, 6.07) is 15.8. The van der Waals surface area contributed by atoms with Gasteiger partial charge in [-0.1, -0.05) is 50.2 Å². The molecule has 0 atom stereocenters. The summed E-state index contributed by atoms with van der Waals surface area (Å²) in [6.07, 6.45) is 0.913. The van der Waals surface area contributed by atoms with Crippen LogP contribution in [-0.4, -0.2) is 23.2 Å². The number of phenols is 1. The standard InChI is InChI=1S/C26H25NO4/c1-4-27-24-21(31-17-9-7-8-16(13-17)12-15(2)3)14-20(28)22-23(24)26(30)19-11-6-5-10-18(19)25(22)29/h5-11,13-15,27-28H,4,12H2,1-3H3. The minimum atomic E-state index is -0.368. The average molecular weight is 415 g/mol. The molecule has 1 aliphatic carbocycles. The number of carbonyl (C=O) groups is 2. The van der Waals surface area contributed by atoms with Gasteiger partial charge in [-0.2, -0.15) is 0 Å². The highest BCUT2D eigenvalue weighted by atomic mass is 16.5. The molecule has 4 rings (SSSR count). The topological polar surface area (TPSA) is 75.6 Å². The normalized spacial score (nSPS) is 12.5. The van der Waals surface area contributed by atoms with Crippen LogP contribution in [0.15, 0.2) is 54.6 Å². The van der Waals surface area contributed by atoms with Crippen molar-refractivity contribution in [3.05, 3.63) is 82.4 Å². The van der Waals surface area contributed by atoms with Gasteiger partial charge in [0.1, 0.15) is 11.5 Å². The van der Waals surface area contributed by atoms with Crippen LogP contribution in [0.2, 0.25) is 0 Å². The van der Waals surface area contributed by atoms with E-state index in [0.717, 1.165) is 12.0 Å². The lowest BCUT2D eigenvalue weighted by Crippen LogP contribution is -2.23. The molecule has 5 heteroatoms. The predicted octanol–water partition coefficient (Wildman–Crippen LogP) is 5.59. The van der Waals surface area contributed by atoms with Gasteiger partial charge >= 0.3 is 0 Å². The Morgan fingerprint density at radius 1 is 0.935 bits per heavy atom. The maximum Gasteiger partial charge on any atom is 0.198 e. The Morgan fingerprint density at radius 3 is 2.26 bits per heavy atom. The van der Waals surface area contributed by atoms with Crippen molar-refractivity contribution in [1.82, 2.24) is 0 Å². The largest absolute Gasteiger partial charge is 0.507 e. The number of ketones is 2. The highest BCUT2D eigenvalue weighted by Gasteiger charge is 2.35. The molecule has 0 radical (unpaired) electrons. The number of ether oxygens (including phenoxy) is 1. The highest BCUT2D eigenvalue weighted by Crippen LogP contribution is 2.44. The van der Waals surface area contributed by atoms with Crippen LogP contribution >= 0.6 is 0 Å². The van der Waals surface area contributed by atoms with Gasteiger partial charge in [-0.05, 0) is 37.0 Å². The third kappa shape index (κ3) is 3.79. The highest BCUT2D eigenvalue weighted by molar-refractivity contribution is 6.31. The van der Waals surface area contributed by atoms with E-state index in [1.807, 2.05) is 31.2 Å². The number of anilines is 1. The third-order valence-corrected chi connectivity index (χ3v) is 5.26. The number of nitrogens with one attached hydrogen (secondary N) is 1. The molecule has 3 aromatic carbocycles. The molecule has 1 aliphatic rings. The van der Waals surface area contributed by atoms with E-state index in [1.165, 1.54) is 6.07 Å². The zero-order valence-electron chi connectivity index (χ0n) is 17.9. The molecule has 0 unspecified atom stereocenters. The first-order valence-electron chi connectivity index (χ1n) is 10.5. The molecule has 0 spiro atoms. The number of benzene rings is 3. The van der Waals surface area contributed by atoms with E-state index in [4.69, 9.17) is 4.74 Å². The molecule has 31 heavy (non-hydrogen) atoms. The van der Waals surface area contributed by atoms with Gasteiger partial charge in [0, 0.05) is 23.7 Å². The minimum Gasteiger partial charge on any atom is -0.507 e. The first kappa shape index (κ1) is 20.7. The summed E-state index contributed by atoms with van der Waals surface area (Å²) in [5.41, 5.74) is 2.35. The van der Waals surface area contributed by atoms with Crippen LogP contribution in [0.25, 0.3) is 0 Å². The number of phenolic OH excluding ortho intramolecular Hbond substituents is 1. The Labute approximate surface area is 181 Å². The van der Waals surface area contributed by atoms with Crippen LogP contribution in [0.3, 0.4) is 0 Å². The van der Waals surface area contributed by atoms with Crippen molar-refractivity contribution < 1.29 is 19.4 Å². The molecule has 2 N–H and O–H groups in total. The van der Waals surface area contributed by atoms with Gasteiger partial charge in [0.15, 0.2) is 17.3 Å². The Hall–Kier alpha value is -3.60. The molecular weight excluding hydrogens is 390 g/mol. The van der Waals surface area contributed by atoms with Gasteiger partial charge in [-0.15, -0.1) is 0 Å². The van der Waals surface area contributed by atoms with Crippen LogP contribution < -0.4 is 10.1 Å². The lowest BCUT2D eigenvalue weighted by molar-refractivity contribution is 0.0977. The molecule has 5 nitrogen and oxygen atoms in total.